The molecule has 3 heteroatoms. The normalized spacial score (nSPS) is 12.8. The molecule has 3 nitrogen and oxygen atoms in total. The quantitative estimate of drug-likeness (QED) is 0.345. The zero-order valence-electron chi connectivity index (χ0n) is 3.38. The lowest BCUT2D eigenvalue weighted by Gasteiger charge is -1.90. The summed E-state index contributed by atoms with van der Waals surface area (Å²) in [4.78, 5) is 0. The number of nitriles is 1. The van der Waals surface area contributed by atoms with Crippen LogP contribution < -0.4 is 0 Å². The molecule has 0 radical (unpaired) electrons. The minimum absolute atomic E-state index is 1.26. The van der Waals surface area contributed by atoms with Gasteiger partial charge in [-0.3, -0.25) is 0 Å². The first-order valence-corrected chi connectivity index (χ1v) is 1.41. The van der Waals surface area contributed by atoms with Crippen LogP contribution in [0.5, 0.6) is 0 Å². The fourth-order valence-corrected chi connectivity index (χ4v) is 0.0527. The van der Waals surface area contributed by atoms with Crippen molar-refractivity contribution < 1.29 is 9.84 Å². The number of aliphatic hydroxyl groups is 1. The zero-order valence-corrected chi connectivity index (χ0v) is 3.38. The predicted octanol–water partition coefficient (Wildman–Crippen LogP) is -0.525. The second kappa shape index (κ2) is 2.64. The van der Waals surface area contributed by atoms with Gasteiger partial charge >= 0.3 is 0 Å². The first-order chi connectivity index (χ1) is 2.81. The number of nitrogens with zero attached hydrogens (tertiary/aromatic N) is 1. The van der Waals surface area contributed by atoms with Crippen molar-refractivity contribution in [2.24, 2.45) is 0 Å². The molecule has 1 unspecified atom stereocenters. The number of rotatable bonds is 1. The van der Waals surface area contributed by atoms with Crippen molar-refractivity contribution in [1.82, 2.24) is 0 Å². The van der Waals surface area contributed by atoms with Gasteiger partial charge in [-0.05, 0) is 0 Å². The third-order valence-corrected chi connectivity index (χ3v) is 0.334. The zero-order chi connectivity index (χ0) is 4.99. The topological polar surface area (TPSA) is 53.2 Å². The molecular weight excluding hydrogens is 82.0 g/mol. The minimum atomic E-state index is -1.26. The smallest absolute Gasteiger partial charge is 0.245 e. The fraction of sp³-hybridized carbons (Fsp3) is 0.667. The Bertz CT molecular complexity index is 65.7. The van der Waals surface area contributed by atoms with Gasteiger partial charge in [-0.15, -0.1) is 0 Å². The fourth-order valence-electron chi connectivity index (χ4n) is 0.0527. The van der Waals surface area contributed by atoms with E-state index in [2.05, 4.69) is 4.74 Å². The maximum Gasteiger partial charge on any atom is 0.245 e. The third kappa shape index (κ3) is 1.70. The monoisotopic (exact) mass is 87.0 g/mol. The average Bonchev–Trinajstić information content (AvgIpc) is 1.65. The second-order valence-corrected chi connectivity index (χ2v) is 0.717. The van der Waals surface area contributed by atoms with Gasteiger partial charge in [0, 0.05) is 7.11 Å². The van der Waals surface area contributed by atoms with E-state index in [0.717, 1.165) is 0 Å². The molecule has 0 aromatic rings. The molecule has 0 aliphatic carbocycles. The van der Waals surface area contributed by atoms with E-state index in [0.29, 0.717) is 0 Å². The molecule has 0 saturated carbocycles. The molecule has 0 spiro atoms. The molecule has 0 amide bonds. The van der Waals surface area contributed by atoms with E-state index >= 15 is 0 Å². The van der Waals surface area contributed by atoms with Crippen LogP contribution in [0.1, 0.15) is 0 Å². The maximum atomic E-state index is 8.08. The summed E-state index contributed by atoms with van der Waals surface area (Å²) >= 11 is 0. The number of hydrogen-bond acceptors (Lipinski definition) is 3. The lowest BCUT2D eigenvalue weighted by molar-refractivity contribution is -0.0295. The highest BCUT2D eigenvalue weighted by Gasteiger charge is 1.90. The molecule has 1 atom stereocenters. The van der Waals surface area contributed by atoms with Crippen LogP contribution in [-0.2, 0) is 4.74 Å². The Balaban J connectivity index is 3.04. The van der Waals surface area contributed by atoms with Crippen LogP contribution in [0.2, 0.25) is 0 Å². The van der Waals surface area contributed by atoms with Gasteiger partial charge in [0.2, 0.25) is 6.29 Å². The highest BCUT2D eigenvalue weighted by Crippen LogP contribution is 1.73. The maximum absolute atomic E-state index is 8.08. The Labute approximate surface area is 35.8 Å². The number of hydrogen-bond donors (Lipinski definition) is 1. The van der Waals surface area contributed by atoms with Gasteiger partial charge in [0.1, 0.15) is 6.07 Å². The summed E-state index contributed by atoms with van der Waals surface area (Å²) in [6, 6.07) is 1.45. The van der Waals surface area contributed by atoms with Crippen LogP contribution in [-0.4, -0.2) is 18.5 Å². The minimum Gasteiger partial charge on any atom is -0.356 e. The first-order valence-electron chi connectivity index (χ1n) is 1.41. The predicted molar refractivity (Wildman–Crippen MR) is 18.6 cm³/mol. The second-order valence-electron chi connectivity index (χ2n) is 0.717. The number of methoxy groups -OCH3 is 1. The highest BCUT2D eigenvalue weighted by molar-refractivity contribution is 4.71. The van der Waals surface area contributed by atoms with Crippen LogP contribution in [0, 0.1) is 11.3 Å². The third-order valence-electron chi connectivity index (χ3n) is 0.334. The SMILES string of the molecule is COC(O)C#N. The molecule has 0 aromatic heterocycles. The van der Waals surface area contributed by atoms with Gasteiger partial charge in [0.15, 0.2) is 0 Å². The van der Waals surface area contributed by atoms with Crippen molar-refractivity contribution in [3.05, 3.63) is 0 Å². The summed E-state index contributed by atoms with van der Waals surface area (Å²) in [5.74, 6) is 0. The molecule has 0 bridgehead atoms. The van der Waals surface area contributed by atoms with E-state index in [1.54, 1.807) is 0 Å². The van der Waals surface area contributed by atoms with E-state index in [1.807, 2.05) is 0 Å². The molecule has 0 aliphatic rings. The van der Waals surface area contributed by atoms with Crippen LogP contribution >= 0.6 is 0 Å². The van der Waals surface area contributed by atoms with Crippen LogP contribution in [0.4, 0.5) is 0 Å². The summed E-state index contributed by atoms with van der Waals surface area (Å²) < 4.78 is 4.09. The molecule has 0 heterocycles. The van der Waals surface area contributed by atoms with Crippen molar-refractivity contribution >= 4 is 0 Å². The van der Waals surface area contributed by atoms with Gasteiger partial charge < -0.3 is 9.84 Å². The lowest BCUT2D eigenvalue weighted by atomic mass is 10.7. The van der Waals surface area contributed by atoms with Crippen molar-refractivity contribution in [2.45, 2.75) is 6.29 Å². The Morgan fingerprint density at radius 2 is 2.50 bits per heavy atom. The molecule has 0 saturated heterocycles. The Hall–Kier alpha value is -0.590. The molecule has 6 heavy (non-hydrogen) atoms. The summed E-state index contributed by atoms with van der Waals surface area (Å²) in [5, 5.41) is 15.8. The highest BCUT2D eigenvalue weighted by atomic mass is 16.6. The van der Waals surface area contributed by atoms with Crippen LogP contribution in [0.15, 0.2) is 0 Å². The molecule has 1 N–H and O–H groups in total. The Kier molecular flexibility index (Phi) is 2.38. The number of ether oxygens (including phenoxy) is 1. The van der Waals surface area contributed by atoms with Crippen LogP contribution in [0.25, 0.3) is 0 Å². The van der Waals surface area contributed by atoms with Crippen molar-refractivity contribution in [1.29, 1.82) is 5.26 Å². The van der Waals surface area contributed by atoms with Gasteiger partial charge in [-0.25, -0.2) is 0 Å². The molecule has 0 aliphatic heterocycles. The Morgan fingerprint density at radius 3 is 2.50 bits per heavy atom. The average molecular weight is 87.1 g/mol. The largest absolute Gasteiger partial charge is 0.356 e. The lowest BCUT2D eigenvalue weighted by Crippen LogP contribution is -2.03. The van der Waals surface area contributed by atoms with E-state index in [4.69, 9.17) is 10.4 Å². The number of aliphatic hydroxyl groups excluding tert-OH is 1. The standard InChI is InChI=1S/C3H5NO2/c1-6-3(5)2-4/h3,5H,1H3. The molecular formula is C3H5NO2. The molecule has 0 aromatic carbocycles. The van der Waals surface area contributed by atoms with Crippen molar-refractivity contribution in [2.75, 3.05) is 7.11 Å². The van der Waals surface area contributed by atoms with E-state index in [-0.39, 0.29) is 0 Å². The van der Waals surface area contributed by atoms with Gasteiger partial charge in [-0.2, -0.15) is 5.26 Å². The first kappa shape index (κ1) is 5.41. The summed E-state index contributed by atoms with van der Waals surface area (Å²) in [5.41, 5.74) is 0. The molecule has 0 rings (SSSR count). The van der Waals surface area contributed by atoms with Crippen molar-refractivity contribution in [3.8, 4) is 6.07 Å². The van der Waals surface area contributed by atoms with Crippen LogP contribution in [0.3, 0.4) is 0 Å². The Morgan fingerprint density at radius 1 is 2.00 bits per heavy atom. The summed E-state index contributed by atoms with van der Waals surface area (Å²) in [6.45, 7) is 0. The van der Waals surface area contributed by atoms with Gasteiger partial charge in [-0.1, -0.05) is 0 Å². The van der Waals surface area contributed by atoms with E-state index in [1.165, 1.54) is 13.2 Å². The van der Waals surface area contributed by atoms with Gasteiger partial charge in [0.05, 0.1) is 0 Å². The summed E-state index contributed by atoms with van der Waals surface area (Å²) in [7, 11) is 1.26. The summed E-state index contributed by atoms with van der Waals surface area (Å²) in [6.07, 6.45) is -1.26. The van der Waals surface area contributed by atoms with Gasteiger partial charge in [0.25, 0.3) is 0 Å². The van der Waals surface area contributed by atoms with Crippen molar-refractivity contribution in [3.63, 3.8) is 0 Å². The van der Waals surface area contributed by atoms with E-state index in [9.17, 15) is 0 Å². The molecule has 0 fully saturated rings. The van der Waals surface area contributed by atoms with E-state index < -0.39 is 6.29 Å². The molecule has 34 valence electrons.